The van der Waals surface area contributed by atoms with Crippen molar-refractivity contribution in [3.8, 4) is 5.75 Å². The Morgan fingerprint density at radius 3 is 2.33 bits per heavy atom. The van der Waals surface area contributed by atoms with Gasteiger partial charge in [0.15, 0.2) is 0 Å². The van der Waals surface area contributed by atoms with Crippen LogP contribution in [0.1, 0.15) is 23.7 Å². The molecule has 5 heteroatoms. The summed E-state index contributed by atoms with van der Waals surface area (Å²) in [6.45, 7) is 1.85. The maximum absolute atomic E-state index is 10.5. The summed E-state index contributed by atoms with van der Waals surface area (Å²) in [5.74, 6) is -1.72. The van der Waals surface area contributed by atoms with Gasteiger partial charge in [-0.3, -0.25) is 4.79 Å². The second-order valence-corrected chi connectivity index (χ2v) is 4.43. The van der Waals surface area contributed by atoms with Gasteiger partial charge in [-0.15, -0.1) is 0 Å². The van der Waals surface area contributed by atoms with E-state index in [2.05, 4.69) is 0 Å². The Morgan fingerprint density at radius 1 is 1.24 bits per heavy atom. The molecule has 2 rings (SSSR count). The molecule has 0 saturated heterocycles. The van der Waals surface area contributed by atoms with Gasteiger partial charge in [0.05, 0.1) is 13.0 Å². The van der Waals surface area contributed by atoms with Gasteiger partial charge in [-0.25, -0.2) is 4.79 Å². The van der Waals surface area contributed by atoms with Crippen molar-refractivity contribution in [3.63, 3.8) is 0 Å². The molecule has 1 atom stereocenters. The van der Waals surface area contributed by atoms with Crippen molar-refractivity contribution in [2.45, 2.75) is 13.3 Å². The number of para-hydroxylation sites is 1. The van der Waals surface area contributed by atoms with Gasteiger partial charge in [0.2, 0.25) is 0 Å². The number of carbonyl (C=O) groups is 2. The monoisotopic (exact) mass is 290 g/mol. The minimum atomic E-state index is -0.970. The standard InChI is InChI=1S/C8H8O3.C8H10O2/c1-11-7-5-3-2-4-6(7)8(9)10;1-6-4-2-3-5-7(6)8(9)10/h2-5H,1H3,(H,9,10);3-5,7H,2H2,1H3,(H,9,10). The summed E-state index contributed by atoms with van der Waals surface area (Å²) in [6, 6.07) is 6.50. The van der Waals surface area contributed by atoms with Crippen molar-refractivity contribution in [2.24, 2.45) is 5.92 Å². The number of carboxylic acid groups (broad SMARTS) is 2. The number of aromatic carboxylic acids is 1. The maximum Gasteiger partial charge on any atom is 0.339 e. The predicted octanol–water partition coefficient (Wildman–Crippen LogP) is 2.99. The first-order valence-corrected chi connectivity index (χ1v) is 6.39. The van der Waals surface area contributed by atoms with Crippen LogP contribution in [0.5, 0.6) is 5.75 Å². The maximum atomic E-state index is 10.5. The highest BCUT2D eigenvalue weighted by molar-refractivity contribution is 5.90. The lowest BCUT2D eigenvalue weighted by atomic mass is 9.95. The summed E-state index contributed by atoms with van der Waals surface area (Å²) < 4.78 is 4.83. The Bertz CT molecular complexity index is 572. The molecule has 0 aliphatic heterocycles. The highest BCUT2D eigenvalue weighted by Gasteiger charge is 2.16. The van der Waals surface area contributed by atoms with Crippen molar-refractivity contribution in [3.05, 3.63) is 53.6 Å². The number of hydrogen-bond donors (Lipinski definition) is 2. The van der Waals surface area contributed by atoms with Crippen molar-refractivity contribution in [1.29, 1.82) is 0 Å². The smallest absolute Gasteiger partial charge is 0.339 e. The largest absolute Gasteiger partial charge is 0.496 e. The molecule has 0 heterocycles. The van der Waals surface area contributed by atoms with E-state index in [1.54, 1.807) is 24.3 Å². The Balaban J connectivity index is 0.000000211. The molecule has 1 unspecified atom stereocenters. The molecular formula is C16H18O5. The average Bonchev–Trinajstić information content (AvgIpc) is 2.48. The van der Waals surface area contributed by atoms with Crippen LogP contribution in [0.2, 0.25) is 0 Å². The summed E-state index contributed by atoms with van der Waals surface area (Å²) >= 11 is 0. The molecule has 1 aromatic rings. The third-order valence-corrected chi connectivity index (χ3v) is 3.00. The van der Waals surface area contributed by atoms with Gasteiger partial charge in [0.1, 0.15) is 11.3 Å². The predicted molar refractivity (Wildman–Crippen MR) is 78.6 cm³/mol. The van der Waals surface area contributed by atoms with E-state index in [0.29, 0.717) is 5.75 Å². The highest BCUT2D eigenvalue weighted by Crippen LogP contribution is 2.18. The van der Waals surface area contributed by atoms with Crippen LogP contribution >= 0.6 is 0 Å². The summed E-state index contributed by atoms with van der Waals surface area (Å²) in [5, 5.41) is 17.2. The van der Waals surface area contributed by atoms with Crippen LogP contribution in [0.15, 0.2) is 48.1 Å². The molecule has 1 aliphatic rings. The van der Waals surface area contributed by atoms with Gasteiger partial charge in [-0.2, -0.15) is 0 Å². The summed E-state index contributed by atoms with van der Waals surface area (Å²) in [6.07, 6.45) is 6.43. The molecule has 0 saturated carbocycles. The van der Waals surface area contributed by atoms with Gasteiger partial charge in [-0.1, -0.05) is 35.9 Å². The van der Waals surface area contributed by atoms with Crippen LogP contribution in [-0.4, -0.2) is 29.3 Å². The third-order valence-electron chi connectivity index (χ3n) is 3.00. The van der Waals surface area contributed by atoms with E-state index >= 15 is 0 Å². The molecule has 112 valence electrons. The quantitative estimate of drug-likeness (QED) is 0.836. The number of hydrogen-bond acceptors (Lipinski definition) is 3. The van der Waals surface area contributed by atoms with Gasteiger partial charge in [-0.05, 0) is 25.5 Å². The van der Waals surface area contributed by atoms with Gasteiger partial charge in [0, 0.05) is 0 Å². The number of rotatable bonds is 3. The zero-order valence-corrected chi connectivity index (χ0v) is 11.9. The number of benzene rings is 1. The Morgan fingerprint density at radius 2 is 1.90 bits per heavy atom. The normalized spacial score (nSPS) is 16.3. The number of methoxy groups -OCH3 is 1. The van der Waals surface area contributed by atoms with Crippen LogP contribution in [0.25, 0.3) is 0 Å². The Labute approximate surface area is 123 Å². The molecule has 2 N–H and O–H groups in total. The van der Waals surface area contributed by atoms with Crippen molar-refractivity contribution in [1.82, 2.24) is 0 Å². The van der Waals surface area contributed by atoms with Gasteiger partial charge < -0.3 is 14.9 Å². The van der Waals surface area contributed by atoms with E-state index in [9.17, 15) is 9.59 Å². The van der Waals surface area contributed by atoms with Crippen molar-refractivity contribution < 1.29 is 24.5 Å². The average molecular weight is 290 g/mol. The minimum Gasteiger partial charge on any atom is -0.496 e. The lowest BCUT2D eigenvalue weighted by molar-refractivity contribution is -0.138. The topological polar surface area (TPSA) is 83.8 Å². The molecule has 0 spiro atoms. The Kier molecular flexibility index (Phi) is 6.20. The second kappa shape index (κ2) is 7.89. The van der Waals surface area contributed by atoms with E-state index in [-0.39, 0.29) is 11.5 Å². The van der Waals surface area contributed by atoms with E-state index in [1.165, 1.54) is 13.2 Å². The van der Waals surface area contributed by atoms with Gasteiger partial charge >= 0.3 is 11.9 Å². The second-order valence-electron chi connectivity index (χ2n) is 4.43. The zero-order chi connectivity index (χ0) is 15.8. The molecular weight excluding hydrogens is 272 g/mol. The minimum absolute atomic E-state index is 0.190. The van der Waals surface area contributed by atoms with Crippen LogP contribution in [0, 0.1) is 5.92 Å². The molecule has 1 aliphatic carbocycles. The fraction of sp³-hybridized carbons (Fsp3) is 0.250. The zero-order valence-electron chi connectivity index (χ0n) is 11.9. The Hall–Kier alpha value is -2.56. The molecule has 0 radical (unpaired) electrons. The molecule has 5 nitrogen and oxygen atoms in total. The van der Waals surface area contributed by atoms with Crippen LogP contribution in [0.3, 0.4) is 0 Å². The first-order valence-electron chi connectivity index (χ1n) is 6.39. The number of ether oxygens (including phenoxy) is 1. The highest BCUT2D eigenvalue weighted by atomic mass is 16.5. The van der Waals surface area contributed by atoms with E-state index < -0.39 is 11.9 Å². The fourth-order valence-electron chi connectivity index (χ4n) is 1.85. The fourth-order valence-corrected chi connectivity index (χ4v) is 1.85. The number of carboxylic acids is 2. The molecule has 1 aromatic carbocycles. The van der Waals surface area contributed by atoms with Crippen LogP contribution < -0.4 is 4.74 Å². The summed E-state index contributed by atoms with van der Waals surface area (Å²) in [4.78, 5) is 21.0. The molecule has 0 bridgehead atoms. The van der Waals surface area contributed by atoms with E-state index in [4.69, 9.17) is 14.9 Å². The first kappa shape index (κ1) is 16.5. The molecule has 0 aromatic heterocycles. The lowest BCUT2D eigenvalue weighted by Gasteiger charge is -2.10. The van der Waals surface area contributed by atoms with E-state index in [0.717, 1.165) is 12.0 Å². The van der Waals surface area contributed by atoms with Crippen molar-refractivity contribution >= 4 is 11.9 Å². The summed E-state index contributed by atoms with van der Waals surface area (Å²) in [5.41, 5.74) is 1.13. The third kappa shape index (κ3) is 4.80. The lowest BCUT2D eigenvalue weighted by Crippen LogP contribution is -2.13. The van der Waals surface area contributed by atoms with Crippen LogP contribution in [0.4, 0.5) is 0 Å². The molecule has 0 amide bonds. The summed E-state index contributed by atoms with van der Waals surface area (Å²) in [7, 11) is 1.45. The van der Waals surface area contributed by atoms with Crippen LogP contribution in [-0.2, 0) is 4.79 Å². The van der Waals surface area contributed by atoms with Gasteiger partial charge in [0.25, 0.3) is 0 Å². The van der Waals surface area contributed by atoms with E-state index in [1.807, 2.05) is 19.1 Å². The molecule has 21 heavy (non-hydrogen) atoms. The molecule has 0 fully saturated rings. The number of aliphatic carboxylic acids is 1. The SMILES string of the molecule is CC1=CCC=CC1C(=O)O.COc1ccccc1C(=O)O. The first-order chi connectivity index (χ1) is 9.97. The number of allylic oxidation sites excluding steroid dienone is 2. The van der Waals surface area contributed by atoms with Crippen molar-refractivity contribution in [2.75, 3.05) is 7.11 Å².